The minimum atomic E-state index is -2.00. The van der Waals surface area contributed by atoms with Crippen molar-refractivity contribution in [1.82, 2.24) is 0 Å². The summed E-state index contributed by atoms with van der Waals surface area (Å²) in [5.41, 5.74) is -0.0918. The van der Waals surface area contributed by atoms with Crippen LogP contribution in [-0.4, -0.2) is 39.1 Å². The van der Waals surface area contributed by atoms with Crippen molar-refractivity contribution in [3.05, 3.63) is 23.8 Å². The van der Waals surface area contributed by atoms with Crippen LogP contribution in [0.3, 0.4) is 0 Å². The Balaban J connectivity index is 3.05. The van der Waals surface area contributed by atoms with Gasteiger partial charge in [-0.3, -0.25) is 0 Å². The molecule has 0 aliphatic heterocycles. The van der Waals surface area contributed by atoms with Gasteiger partial charge in [0.05, 0.1) is 6.61 Å². The van der Waals surface area contributed by atoms with E-state index >= 15 is 0 Å². The zero-order valence-corrected chi connectivity index (χ0v) is 9.20. The van der Waals surface area contributed by atoms with Gasteiger partial charge in [0.1, 0.15) is 6.10 Å². The van der Waals surface area contributed by atoms with E-state index in [9.17, 15) is 20.1 Å². The lowest BCUT2D eigenvalue weighted by atomic mass is 10.0. The van der Waals surface area contributed by atoms with E-state index in [-0.39, 0.29) is 17.1 Å². The van der Waals surface area contributed by atoms with E-state index in [0.29, 0.717) is 6.61 Å². The molecule has 0 saturated carbocycles. The molecule has 0 spiro atoms. The van der Waals surface area contributed by atoms with Crippen molar-refractivity contribution >= 4 is 5.97 Å². The lowest BCUT2D eigenvalue weighted by Gasteiger charge is -2.17. The number of para-hydroxylation sites is 1. The molecule has 17 heavy (non-hydrogen) atoms. The van der Waals surface area contributed by atoms with E-state index in [1.807, 2.05) is 0 Å². The summed E-state index contributed by atoms with van der Waals surface area (Å²) in [4.78, 5) is 10.5. The lowest BCUT2D eigenvalue weighted by molar-refractivity contribution is -0.153. The standard InChI is InChI=1S/C11H14O6/c1-2-17-7-5-3-4-6(8(7)12)9(13)10(14)11(15)16/h3-5,9-10,12-14H,2H2,1H3,(H,15,16). The first-order valence-electron chi connectivity index (χ1n) is 5.02. The number of aliphatic hydroxyl groups excluding tert-OH is 2. The Morgan fingerprint density at radius 3 is 2.59 bits per heavy atom. The first-order valence-corrected chi connectivity index (χ1v) is 5.02. The van der Waals surface area contributed by atoms with E-state index in [4.69, 9.17) is 9.84 Å². The van der Waals surface area contributed by atoms with Gasteiger partial charge >= 0.3 is 5.97 Å². The van der Waals surface area contributed by atoms with Crippen LogP contribution in [0, 0.1) is 0 Å². The van der Waals surface area contributed by atoms with Crippen molar-refractivity contribution in [2.75, 3.05) is 6.61 Å². The predicted octanol–water partition coefficient (Wildman–Crippen LogP) is 0.270. The molecule has 0 saturated heterocycles. The molecule has 0 amide bonds. The number of aliphatic carboxylic acids is 1. The molecule has 0 heterocycles. The van der Waals surface area contributed by atoms with Gasteiger partial charge in [0.25, 0.3) is 0 Å². The quantitative estimate of drug-likeness (QED) is 0.590. The summed E-state index contributed by atoms with van der Waals surface area (Å²) in [7, 11) is 0. The topological polar surface area (TPSA) is 107 Å². The maximum atomic E-state index is 10.5. The second-order valence-electron chi connectivity index (χ2n) is 3.35. The Hall–Kier alpha value is -1.79. The molecule has 0 aromatic heterocycles. The van der Waals surface area contributed by atoms with Crippen molar-refractivity contribution in [1.29, 1.82) is 0 Å². The SMILES string of the molecule is CCOc1cccc(C(O)C(O)C(=O)O)c1O. The lowest BCUT2D eigenvalue weighted by Crippen LogP contribution is -2.27. The van der Waals surface area contributed by atoms with Gasteiger partial charge < -0.3 is 25.2 Å². The molecule has 0 aliphatic carbocycles. The molecular formula is C11H14O6. The van der Waals surface area contributed by atoms with Gasteiger partial charge in [-0.15, -0.1) is 0 Å². The molecule has 2 unspecified atom stereocenters. The molecule has 1 aromatic rings. The van der Waals surface area contributed by atoms with Gasteiger partial charge in [-0.25, -0.2) is 4.79 Å². The Labute approximate surface area is 97.7 Å². The van der Waals surface area contributed by atoms with E-state index in [0.717, 1.165) is 0 Å². The highest BCUT2D eigenvalue weighted by Crippen LogP contribution is 2.34. The average Bonchev–Trinajstić information content (AvgIpc) is 2.30. The molecule has 2 atom stereocenters. The number of ether oxygens (including phenoxy) is 1. The smallest absolute Gasteiger partial charge is 0.335 e. The normalized spacial score (nSPS) is 14.1. The van der Waals surface area contributed by atoms with Crippen LogP contribution >= 0.6 is 0 Å². The monoisotopic (exact) mass is 242 g/mol. The number of hydrogen-bond acceptors (Lipinski definition) is 5. The molecule has 94 valence electrons. The minimum absolute atomic E-state index is 0.0918. The van der Waals surface area contributed by atoms with Gasteiger partial charge in [0, 0.05) is 5.56 Å². The molecule has 1 aromatic carbocycles. The van der Waals surface area contributed by atoms with Crippen LogP contribution in [0.25, 0.3) is 0 Å². The van der Waals surface area contributed by atoms with E-state index in [2.05, 4.69) is 0 Å². The molecule has 6 nitrogen and oxygen atoms in total. The Morgan fingerprint density at radius 1 is 1.41 bits per heavy atom. The van der Waals surface area contributed by atoms with Gasteiger partial charge in [0.2, 0.25) is 0 Å². The number of aromatic hydroxyl groups is 1. The molecule has 0 fully saturated rings. The van der Waals surface area contributed by atoms with E-state index < -0.39 is 18.2 Å². The number of carbonyl (C=O) groups is 1. The van der Waals surface area contributed by atoms with Crippen LogP contribution in [-0.2, 0) is 4.79 Å². The fourth-order valence-corrected chi connectivity index (χ4v) is 1.36. The minimum Gasteiger partial charge on any atom is -0.504 e. The van der Waals surface area contributed by atoms with Gasteiger partial charge in [-0.1, -0.05) is 12.1 Å². The molecule has 0 aliphatic rings. The fourth-order valence-electron chi connectivity index (χ4n) is 1.36. The third kappa shape index (κ3) is 2.86. The van der Waals surface area contributed by atoms with E-state index in [1.54, 1.807) is 6.92 Å². The summed E-state index contributed by atoms with van der Waals surface area (Å²) in [6.07, 6.45) is -3.72. The van der Waals surface area contributed by atoms with Gasteiger partial charge in [-0.2, -0.15) is 0 Å². The average molecular weight is 242 g/mol. The first-order chi connectivity index (χ1) is 7.99. The van der Waals surface area contributed by atoms with Crippen LogP contribution in [0.4, 0.5) is 0 Å². The number of carboxylic acids is 1. The molecule has 6 heteroatoms. The summed E-state index contributed by atoms with van der Waals surface area (Å²) >= 11 is 0. The Morgan fingerprint density at radius 2 is 2.06 bits per heavy atom. The summed E-state index contributed by atoms with van der Waals surface area (Å²) in [6, 6.07) is 4.27. The van der Waals surface area contributed by atoms with Crippen molar-refractivity contribution in [2.24, 2.45) is 0 Å². The number of phenols is 1. The highest BCUT2D eigenvalue weighted by molar-refractivity contribution is 5.73. The van der Waals surface area contributed by atoms with Crippen LogP contribution in [0.1, 0.15) is 18.6 Å². The van der Waals surface area contributed by atoms with Crippen LogP contribution in [0.15, 0.2) is 18.2 Å². The number of rotatable bonds is 5. The molecule has 1 rings (SSSR count). The highest BCUT2D eigenvalue weighted by atomic mass is 16.5. The first kappa shape index (κ1) is 13.3. The zero-order chi connectivity index (χ0) is 13.0. The molecule has 4 N–H and O–H groups in total. The molecule has 0 bridgehead atoms. The van der Waals surface area contributed by atoms with Crippen LogP contribution < -0.4 is 4.74 Å². The largest absolute Gasteiger partial charge is 0.504 e. The summed E-state index contributed by atoms with van der Waals surface area (Å²) < 4.78 is 5.08. The summed E-state index contributed by atoms with van der Waals surface area (Å²) in [6.45, 7) is 2.03. The van der Waals surface area contributed by atoms with Crippen molar-refractivity contribution in [3.63, 3.8) is 0 Å². The van der Waals surface area contributed by atoms with Crippen molar-refractivity contribution < 1.29 is 30.0 Å². The maximum Gasteiger partial charge on any atom is 0.335 e. The van der Waals surface area contributed by atoms with Crippen LogP contribution in [0.5, 0.6) is 11.5 Å². The second-order valence-corrected chi connectivity index (χ2v) is 3.35. The zero-order valence-electron chi connectivity index (χ0n) is 9.20. The van der Waals surface area contributed by atoms with E-state index in [1.165, 1.54) is 18.2 Å². The maximum absolute atomic E-state index is 10.5. The number of benzene rings is 1. The number of phenolic OH excluding ortho intramolecular Hbond substituents is 1. The number of carboxylic acid groups (broad SMARTS) is 1. The molecule has 0 radical (unpaired) electrons. The third-order valence-electron chi connectivity index (χ3n) is 2.20. The summed E-state index contributed by atoms with van der Waals surface area (Å²) in [5.74, 6) is -1.82. The fraction of sp³-hybridized carbons (Fsp3) is 0.364. The van der Waals surface area contributed by atoms with Gasteiger partial charge in [-0.05, 0) is 13.0 Å². The Kier molecular flexibility index (Phi) is 4.30. The predicted molar refractivity (Wildman–Crippen MR) is 57.9 cm³/mol. The van der Waals surface area contributed by atoms with Gasteiger partial charge in [0.15, 0.2) is 17.6 Å². The third-order valence-corrected chi connectivity index (χ3v) is 2.20. The highest BCUT2D eigenvalue weighted by Gasteiger charge is 2.28. The number of hydrogen-bond donors (Lipinski definition) is 4. The second kappa shape index (κ2) is 5.51. The van der Waals surface area contributed by atoms with Crippen molar-refractivity contribution in [3.8, 4) is 11.5 Å². The number of aliphatic hydroxyl groups is 2. The van der Waals surface area contributed by atoms with Crippen LogP contribution in [0.2, 0.25) is 0 Å². The molecular weight excluding hydrogens is 228 g/mol. The summed E-state index contributed by atoms with van der Waals surface area (Å²) in [5, 5.41) is 37.1. The van der Waals surface area contributed by atoms with Crippen molar-refractivity contribution in [2.45, 2.75) is 19.1 Å². The Bertz CT molecular complexity index is 403.